The van der Waals surface area contributed by atoms with Crippen molar-refractivity contribution in [2.24, 2.45) is 0 Å². The van der Waals surface area contributed by atoms with Gasteiger partial charge in [0.1, 0.15) is 0 Å². The minimum Gasteiger partial charge on any atom is -0.378 e. The third-order valence-corrected chi connectivity index (χ3v) is 2.72. The van der Waals surface area contributed by atoms with E-state index in [1.165, 1.54) is 6.07 Å². The lowest BCUT2D eigenvalue weighted by atomic mass is 10.2. The van der Waals surface area contributed by atoms with Crippen LogP contribution in [0, 0.1) is 10.1 Å². The van der Waals surface area contributed by atoms with Crippen LogP contribution in [0.1, 0.15) is 0 Å². The summed E-state index contributed by atoms with van der Waals surface area (Å²) >= 11 is 3.24. The Bertz CT molecular complexity index is 574. The summed E-state index contributed by atoms with van der Waals surface area (Å²) in [6.07, 6.45) is 3.24. The van der Waals surface area contributed by atoms with Crippen molar-refractivity contribution in [1.82, 2.24) is 9.97 Å². The third kappa shape index (κ3) is 2.23. The molecule has 0 aromatic carbocycles. The van der Waals surface area contributed by atoms with Gasteiger partial charge < -0.3 is 5.73 Å². The van der Waals surface area contributed by atoms with E-state index in [1.807, 2.05) is 0 Å². The number of nitrogens with two attached hydrogens (primary N) is 1. The molecule has 0 atom stereocenters. The van der Waals surface area contributed by atoms with Crippen LogP contribution in [-0.4, -0.2) is 14.9 Å². The molecule has 0 radical (unpaired) electrons. The highest BCUT2D eigenvalue weighted by atomic mass is 79.9. The molecule has 0 spiro atoms. The molecule has 0 aliphatic carbocycles. The number of nitro groups is 1. The van der Waals surface area contributed by atoms with Crippen LogP contribution >= 0.6 is 15.9 Å². The first kappa shape index (κ1) is 11.5. The summed E-state index contributed by atoms with van der Waals surface area (Å²) in [5.41, 5.74) is 6.58. The third-order valence-electron chi connectivity index (χ3n) is 2.12. The smallest absolute Gasteiger partial charge is 0.312 e. The minimum absolute atomic E-state index is 0.114. The number of aromatic nitrogens is 2. The second-order valence-electron chi connectivity index (χ2n) is 3.22. The predicted octanol–water partition coefficient (Wildman–Crippen LogP) is 2.40. The van der Waals surface area contributed by atoms with E-state index in [2.05, 4.69) is 25.9 Å². The minimum atomic E-state index is -0.569. The maximum absolute atomic E-state index is 10.7. The van der Waals surface area contributed by atoms with Crippen LogP contribution in [0.5, 0.6) is 0 Å². The Morgan fingerprint density at radius 3 is 2.82 bits per heavy atom. The lowest BCUT2D eigenvalue weighted by molar-refractivity contribution is -0.384. The van der Waals surface area contributed by atoms with E-state index in [4.69, 9.17) is 5.73 Å². The molecule has 86 valence electrons. The Balaban J connectivity index is 2.58. The van der Waals surface area contributed by atoms with E-state index >= 15 is 0 Å². The topological polar surface area (TPSA) is 94.9 Å². The van der Waals surface area contributed by atoms with Gasteiger partial charge in [-0.2, -0.15) is 0 Å². The molecular weight excluding hydrogens is 288 g/mol. The van der Waals surface area contributed by atoms with Crippen molar-refractivity contribution < 1.29 is 4.92 Å². The SMILES string of the molecule is Nc1nc(-c2cccnc2)c(Br)cc1[N+](=O)[O-]. The van der Waals surface area contributed by atoms with Crippen LogP contribution in [0.15, 0.2) is 35.1 Å². The molecule has 0 bridgehead atoms. The number of rotatable bonds is 2. The molecule has 7 heteroatoms. The van der Waals surface area contributed by atoms with Crippen molar-refractivity contribution >= 4 is 27.4 Å². The molecular formula is C10H7BrN4O2. The van der Waals surface area contributed by atoms with E-state index in [0.29, 0.717) is 10.2 Å². The summed E-state index contributed by atoms with van der Waals surface area (Å²) in [6.45, 7) is 0. The Morgan fingerprint density at radius 2 is 2.24 bits per heavy atom. The van der Waals surface area contributed by atoms with Gasteiger partial charge in [0.25, 0.3) is 0 Å². The van der Waals surface area contributed by atoms with E-state index in [9.17, 15) is 10.1 Å². The first-order valence-electron chi connectivity index (χ1n) is 4.60. The second-order valence-corrected chi connectivity index (χ2v) is 4.08. The zero-order chi connectivity index (χ0) is 12.4. The highest BCUT2D eigenvalue weighted by Gasteiger charge is 2.17. The first-order valence-corrected chi connectivity index (χ1v) is 5.39. The average molecular weight is 295 g/mol. The van der Waals surface area contributed by atoms with Gasteiger partial charge in [-0.25, -0.2) is 4.98 Å². The van der Waals surface area contributed by atoms with Crippen molar-refractivity contribution in [1.29, 1.82) is 0 Å². The lowest BCUT2D eigenvalue weighted by Crippen LogP contribution is -2.00. The molecule has 0 aliphatic rings. The number of hydrogen-bond donors (Lipinski definition) is 1. The van der Waals surface area contributed by atoms with Gasteiger partial charge in [0.2, 0.25) is 5.82 Å². The second kappa shape index (κ2) is 4.46. The molecule has 0 fully saturated rings. The van der Waals surface area contributed by atoms with Crippen molar-refractivity contribution in [3.63, 3.8) is 0 Å². The van der Waals surface area contributed by atoms with Gasteiger partial charge in [0.05, 0.1) is 15.1 Å². The van der Waals surface area contributed by atoms with E-state index in [0.717, 1.165) is 5.56 Å². The quantitative estimate of drug-likeness (QED) is 0.678. The van der Waals surface area contributed by atoms with Gasteiger partial charge in [0.15, 0.2) is 0 Å². The van der Waals surface area contributed by atoms with Crippen LogP contribution < -0.4 is 5.73 Å². The van der Waals surface area contributed by atoms with Crippen molar-refractivity contribution in [2.45, 2.75) is 0 Å². The highest BCUT2D eigenvalue weighted by Crippen LogP contribution is 2.32. The standard InChI is InChI=1S/C10H7BrN4O2/c11-7-4-8(15(16)17)10(12)14-9(7)6-2-1-3-13-5-6/h1-5H,(H2,12,14). The first-order chi connectivity index (χ1) is 8.09. The summed E-state index contributed by atoms with van der Waals surface area (Å²) in [5.74, 6) is -0.114. The van der Waals surface area contributed by atoms with Gasteiger partial charge in [-0.3, -0.25) is 15.1 Å². The largest absolute Gasteiger partial charge is 0.378 e. The van der Waals surface area contributed by atoms with E-state index < -0.39 is 4.92 Å². The number of anilines is 1. The maximum atomic E-state index is 10.7. The molecule has 0 saturated heterocycles. The lowest BCUT2D eigenvalue weighted by Gasteiger charge is -2.04. The summed E-state index contributed by atoms with van der Waals surface area (Å²) in [4.78, 5) is 18.1. The molecule has 0 amide bonds. The van der Waals surface area contributed by atoms with Gasteiger partial charge in [-0.1, -0.05) is 0 Å². The molecule has 2 aromatic rings. The zero-order valence-electron chi connectivity index (χ0n) is 8.50. The number of hydrogen-bond acceptors (Lipinski definition) is 5. The fraction of sp³-hybridized carbons (Fsp3) is 0. The molecule has 0 saturated carbocycles. The van der Waals surface area contributed by atoms with Crippen LogP contribution in [0.25, 0.3) is 11.3 Å². The molecule has 2 rings (SSSR count). The van der Waals surface area contributed by atoms with Crippen LogP contribution in [0.2, 0.25) is 0 Å². The monoisotopic (exact) mass is 294 g/mol. The fourth-order valence-electron chi connectivity index (χ4n) is 1.34. The Hall–Kier alpha value is -2.02. The van der Waals surface area contributed by atoms with E-state index in [1.54, 1.807) is 24.5 Å². The van der Waals surface area contributed by atoms with Crippen LogP contribution in [-0.2, 0) is 0 Å². The molecule has 2 N–H and O–H groups in total. The van der Waals surface area contributed by atoms with Gasteiger partial charge in [-0.05, 0) is 28.1 Å². The predicted molar refractivity (Wildman–Crippen MR) is 66.2 cm³/mol. The molecule has 2 heterocycles. The van der Waals surface area contributed by atoms with Gasteiger partial charge in [-0.15, -0.1) is 0 Å². The molecule has 17 heavy (non-hydrogen) atoms. The normalized spacial score (nSPS) is 10.2. The Kier molecular flexibility index (Phi) is 3.01. The summed E-state index contributed by atoms with van der Waals surface area (Å²) in [7, 11) is 0. The van der Waals surface area contributed by atoms with Gasteiger partial charge >= 0.3 is 5.69 Å². The fourth-order valence-corrected chi connectivity index (χ4v) is 1.88. The van der Waals surface area contributed by atoms with E-state index in [-0.39, 0.29) is 11.5 Å². The number of halogens is 1. The van der Waals surface area contributed by atoms with Gasteiger partial charge in [0, 0.05) is 24.0 Å². The van der Waals surface area contributed by atoms with Crippen molar-refractivity contribution in [3.8, 4) is 11.3 Å². The summed E-state index contributed by atoms with van der Waals surface area (Å²) in [5, 5.41) is 10.7. The van der Waals surface area contributed by atoms with Crippen molar-refractivity contribution in [2.75, 3.05) is 5.73 Å². The van der Waals surface area contributed by atoms with Crippen LogP contribution in [0.3, 0.4) is 0 Å². The molecule has 2 aromatic heterocycles. The molecule has 0 unspecified atom stereocenters. The number of nitrogens with zero attached hydrogens (tertiary/aromatic N) is 3. The summed E-state index contributed by atoms with van der Waals surface area (Å²) in [6, 6.07) is 4.89. The van der Waals surface area contributed by atoms with Crippen molar-refractivity contribution in [3.05, 3.63) is 45.2 Å². The Morgan fingerprint density at radius 1 is 1.47 bits per heavy atom. The number of pyridine rings is 2. The number of nitrogen functional groups attached to an aromatic ring is 1. The molecule has 6 nitrogen and oxygen atoms in total. The maximum Gasteiger partial charge on any atom is 0.312 e. The molecule has 0 aliphatic heterocycles. The zero-order valence-corrected chi connectivity index (χ0v) is 10.1. The average Bonchev–Trinajstić information content (AvgIpc) is 2.32. The van der Waals surface area contributed by atoms with Crippen LogP contribution in [0.4, 0.5) is 11.5 Å². The highest BCUT2D eigenvalue weighted by molar-refractivity contribution is 9.10. The Labute approximate surface area is 105 Å². The summed E-state index contributed by atoms with van der Waals surface area (Å²) < 4.78 is 0.506.